The van der Waals surface area contributed by atoms with Crippen molar-refractivity contribution in [1.29, 1.82) is 0 Å². The fraction of sp³-hybridized carbons (Fsp3) is 0.250. The second-order valence-corrected chi connectivity index (χ2v) is 9.78. The normalized spacial score (nSPS) is 14.0. The van der Waals surface area contributed by atoms with Gasteiger partial charge in [0, 0.05) is 6.07 Å². The molecule has 1 N–H and O–H groups in total. The molecule has 1 amide bonds. The monoisotopic (exact) mass is 485 g/mol. The number of nitrogens with one attached hydrogen (secondary N) is 1. The summed E-state index contributed by atoms with van der Waals surface area (Å²) >= 11 is 1.26. The van der Waals surface area contributed by atoms with Crippen molar-refractivity contribution in [3.8, 4) is 11.4 Å². The molecule has 0 aliphatic heterocycles. The molecule has 0 radical (unpaired) electrons. The van der Waals surface area contributed by atoms with Crippen LogP contribution in [0.5, 0.6) is 5.75 Å². The first kappa shape index (κ1) is 23.2. The quantitative estimate of drug-likeness (QED) is 0.279. The van der Waals surface area contributed by atoms with Crippen LogP contribution in [0.2, 0.25) is 0 Å². The number of carbonyl (C=O) groups is 1. The first-order valence-corrected chi connectivity index (χ1v) is 12.7. The van der Waals surface area contributed by atoms with Crippen LogP contribution in [0.25, 0.3) is 16.6 Å². The van der Waals surface area contributed by atoms with Crippen LogP contribution in [0, 0.1) is 12.8 Å². The molecule has 7 heteroatoms. The van der Waals surface area contributed by atoms with Crippen molar-refractivity contribution in [3.63, 3.8) is 0 Å². The molecule has 1 saturated carbocycles. The number of rotatable bonds is 8. The fourth-order valence-corrected chi connectivity index (χ4v) is 5.03. The zero-order chi connectivity index (χ0) is 24.4. The van der Waals surface area contributed by atoms with Crippen LogP contribution in [-0.4, -0.2) is 28.3 Å². The Hall–Kier alpha value is -3.58. The number of hydrogen-bond donors (Lipinski definition) is 1. The predicted molar refractivity (Wildman–Crippen MR) is 139 cm³/mol. The highest BCUT2D eigenvalue weighted by atomic mass is 32.2. The molecule has 6 nitrogen and oxygen atoms in total. The highest BCUT2D eigenvalue weighted by Gasteiger charge is 2.33. The van der Waals surface area contributed by atoms with E-state index in [0.717, 1.165) is 18.4 Å². The van der Waals surface area contributed by atoms with Gasteiger partial charge < -0.3 is 10.1 Å². The van der Waals surface area contributed by atoms with Gasteiger partial charge in [-0.15, -0.1) is 0 Å². The minimum absolute atomic E-state index is 0.00819. The number of thioether (sulfide) groups is 1. The van der Waals surface area contributed by atoms with Crippen LogP contribution in [0.3, 0.4) is 0 Å². The smallest absolute Gasteiger partial charge is 0.266 e. The molecule has 178 valence electrons. The van der Waals surface area contributed by atoms with E-state index in [2.05, 4.69) is 36.5 Å². The Morgan fingerprint density at radius 2 is 1.89 bits per heavy atom. The third-order valence-corrected chi connectivity index (χ3v) is 7.17. The second-order valence-electron chi connectivity index (χ2n) is 8.84. The maximum atomic E-state index is 13.5. The van der Waals surface area contributed by atoms with E-state index in [4.69, 9.17) is 9.72 Å². The molecule has 1 fully saturated rings. The number of methoxy groups -OCH3 is 1. The SMILES string of the molecule is COc1cccc(-n2c(SCC(=O)NC(c3ccc(C)cc3)C3CC3)nc3ccccc3c2=O)c1. The lowest BCUT2D eigenvalue weighted by Crippen LogP contribution is -2.31. The first-order valence-electron chi connectivity index (χ1n) is 11.7. The van der Waals surface area contributed by atoms with Crippen molar-refractivity contribution < 1.29 is 9.53 Å². The average Bonchev–Trinajstić information content (AvgIpc) is 3.72. The Morgan fingerprint density at radius 1 is 1.11 bits per heavy atom. The summed E-state index contributed by atoms with van der Waals surface area (Å²) in [5.41, 5.74) is 3.40. The molecule has 35 heavy (non-hydrogen) atoms. The van der Waals surface area contributed by atoms with Crippen molar-refractivity contribution in [3.05, 3.63) is 94.3 Å². The Morgan fingerprint density at radius 3 is 2.63 bits per heavy atom. The Balaban J connectivity index is 1.42. The molecule has 5 rings (SSSR count). The van der Waals surface area contributed by atoms with E-state index in [1.165, 1.54) is 17.3 Å². The van der Waals surface area contributed by atoms with Gasteiger partial charge in [-0.25, -0.2) is 4.98 Å². The van der Waals surface area contributed by atoms with Gasteiger partial charge in [-0.05, 0) is 55.5 Å². The molecule has 1 aliphatic carbocycles. The molecule has 1 atom stereocenters. The third-order valence-electron chi connectivity index (χ3n) is 6.24. The van der Waals surface area contributed by atoms with Crippen molar-refractivity contribution in [2.75, 3.05) is 12.9 Å². The van der Waals surface area contributed by atoms with Crippen LogP contribution in [0.4, 0.5) is 0 Å². The van der Waals surface area contributed by atoms with Gasteiger partial charge in [-0.2, -0.15) is 0 Å². The Bertz CT molecular complexity index is 1430. The molecule has 0 bridgehead atoms. The summed E-state index contributed by atoms with van der Waals surface area (Å²) in [5.74, 6) is 1.19. The molecule has 4 aromatic rings. The van der Waals surface area contributed by atoms with Crippen LogP contribution in [-0.2, 0) is 4.79 Å². The Kier molecular flexibility index (Phi) is 6.59. The van der Waals surface area contributed by atoms with Crippen LogP contribution in [0.1, 0.15) is 30.0 Å². The van der Waals surface area contributed by atoms with E-state index in [1.807, 2.05) is 36.4 Å². The molecule has 1 unspecified atom stereocenters. The molecule has 3 aromatic carbocycles. The summed E-state index contributed by atoms with van der Waals surface area (Å²) in [6.45, 7) is 2.06. The molecule has 0 saturated heterocycles. The van der Waals surface area contributed by atoms with Gasteiger partial charge in [0.1, 0.15) is 5.75 Å². The number of fused-ring (bicyclic) bond motifs is 1. The Labute approximate surface area is 208 Å². The number of carbonyl (C=O) groups excluding carboxylic acids is 1. The number of aromatic nitrogens is 2. The van der Waals surface area contributed by atoms with Gasteiger partial charge in [0.05, 0.1) is 35.5 Å². The molecular weight excluding hydrogens is 458 g/mol. The molecule has 1 aromatic heterocycles. The zero-order valence-electron chi connectivity index (χ0n) is 19.7. The number of hydrogen-bond acceptors (Lipinski definition) is 5. The number of ether oxygens (including phenoxy) is 1. The standard InChI is InChI=1S/C28H27N3O3S/c1-18-10-12-19(13-11-18)26(20-14-15-20)30-25(32)17-35-28-29-24-9-4-3-8-23(24)27(33)31(28)21-6-5-7-22(16-21)34-2/h3-13,16,20,26H,14-15,17H2,1-2H3,(H,30,32). The molecule has 0 spiro atoms. The van der Waals surface area contributed by atoms with Gasteiger partial charge in [-0.3, -0.25) is 14.2 Å². The maximum Gasteiger partial charge on any atom is 0.266 e. The number of benzene rings is 3. The largest absolute Gasteiger partial charge is 0.497 e. The highest BCUT2D eigenvalue weighted by Crippen LogP contribution is 2.41. The van der Waals surface area contributed by atoms with Gasteiger partial charge in [0.15, 0.2) is 5.16 Å². The van der Waals surface area contributed by atoms with Gasteiger partial charge in [-0.1, -0.05) is 59.8 Å². The van der Waals surface area contributed by atoms with E-state index in [-0.39, 0.29) is 23.3 Å². The van der Waals surface area contributed by atoms with Gasteiger partial charge >= 0.3 is 0 Å². The highest BCUT2D eigenvalue weighted by molar-refractivity contribution is 7.99. The van der Waals surface area contributed by atoms with Crippen molar-refractivity contribution in [2.24, 2.45) is 5.92 Å². The van der Waals surface area contributed by atoms with Crippen molar-refractivity contribution >= 4 is 28.6 Å². The van der Waals surface area contributed by atoms with Gasteiger partial charge in [0.2, 0.25) is 5.91 Å². The van der Waals surface area contributed by atoms with Gasteiger partial charge in [0.25, 0.3) is 5.56 Å². The number of aryl methyl sites for hydroxylation is 1. The van der Waals surface area contributed by atoms with Crippen molar-refractivity contribution in [1.82, 2.24) is 14.9 Å². The van der Waals surface area contributed by atoms with E-state index < -0.39 is 0 Å². The lowest BCUT2D eigenvalue weighted by molar-refractivity contribution is -0.119. The molecular formula is C28H27N3O3S. The lowest BCUT2D eigenvalue weighted by Gasteiger charge is -2.19. The minimum atomic E-state index is -0.178. The van der Waals surface area contributed by atoms with E-state index in [9.17, 15) is 9.59 Å². The summed E-state index contributed by atoms with van der Waals surface area (Å²) in [6.07, 6.45) is 2.24. The van der Waals surface area contributed by atoms with E-state index >= 15 is 0 Å². The zero-order valence-corrected chi connectivity index (χ0v) is 20.5. The van der Waals surface area contributed by atoms with Crippen LogP contribution in [0.15, 0.2) is 82.7 Å². The van der Waals surface area contributed by atoms with E-state index in [0.29, 0.717) is 33.4 Å². The van der Waals surface area contributed by atoms with E-state index in [1.54, 1.807) is 23.8 Å². The summed E-state index contributed by atoms with van der Waals surface area (Å²) in [5, 5.41) is 4.21. The summed E-state index contributed by atoms with van der Waals surface area (Å²) in [6, 6.07) is 22.9. The number of nitrogens with zero attached hydrogens (tertiary/aromatic N) is 2. The predicted octanol–water partition coefficient (Wildman–Crippen LogP) is 5.06. The third kappa shape index (κ3) is 5.10. The van der Waals surface area contributed by atoms with Crippen molar-refractivity contribution in [2.45, 2.75) is 31.0 Å². The first-order chi connectivity index (χ1) is 17.0. The summed E-state index contributed by atoms with van der Waals surface area (Å²) < 4.78 is 6.91. The molecule has 1 heterocycles. The minimum Gasteiger partial charge on any atom is -0.497 e. The maximum absolute atomic E-state index is 13.5. The average molecular weight is 486 g/mol. The summed E-state index contributed by atoms with van der Waals surface area (Å²) in [4.78, 5) is 31.2. The summed E-state index contributed by atoms with van der Waals surface area (Å²) in [7, 11) is 1.59. The number of amides is 1. The second kappa shape index (κ2) is 9.96. The van der Waals surface area contributed by atoms with Crippen LogP contribution < -0.4 is 15.6 Å². The van der Waals surface area contributed by atoms with Crippen LogP contribution >= 0.6 is 11.8 Å². The fourth-order valence-electron chi connectivity index (χ4n) is 4.21. The topological polar surface area (TPSA) is 73.2 Å². The number of para-hydroxylation sites is 1. The lowest BCUT2D eigenvalue weighted by atomic mass is 10.0. The molecule has 1 aliphatic rings.